The fourth-order valence-corrected chi connectivity index (χ4v) is 2.66. The van der Waals surface area contributed by atoms with Gasteiger partial charge < -0.3 is 15.3 Å². The van der Waals surface area contributed by atoms with Crippen LogP contribution in [-0.2, 0) is 17.6 Å². The van der Waals surface area contributed by atoms with Gasteiger partial charge in [0.15, 0.2) is 0 Å². The van der Waals surface area contributed by atoms with Gasteiger partial charge in [-0.2, -0.15) is 0 Å². The number of carbonyl (C=O) groups is 2. The first-order chi connectivity index (χ1) is 10.2. The van der Waals surface area contributed by atoms with E-state index in [1.54, 1.807) is 0 Å². The Hall–Kier alpha value is -1.88. The van der Waals surface area contributed by atoms with E-state index < -0.39 is 0 Å². The lowest BCUT2D eigenvalue weighted by molar-refractivity contribution is -0.130. The first-order valence-corrected chi connectivity index (χ1v) is 7.44. The highest BCUT2D eigenvalue weighted by Crippen LogP contribution is 2.22. The largest absolute Gasteiger partial charge is 0.395 e. The van der Waals surface area contributed by atoms with E-state index in [9.17, 15) is 9.59 Å². The number of nitrogens with one attached hydrogen (secondary N) is 1. The smallest absolute Gasteiger partial charge is 0.251 e. The number of benzene rings is 1. The zero-order valence-corrected chi connectivity index (χ0v) is 12.4. The predicted octanol–water partition coefficient (Wildman–Crippen LogP) is 0.746. The van der Waals surface area contributed by atoms with Crippen molar-refractivity contribution in [1.82, 2.24) is 10.2 Å². The van der Waals surface area contributed by atoms with Crippen LogP contribution < -0.4 is 5.32 Å². The third-order valence-corrected chi connectivity index (χ3v) is 3.87. The van der Waals surface area contributed by atoms with Gasteiger partial charge in [-0.25, -0.2) is 0 Å². The summed E-state index contributed by atoms with van der Waals surface area (Å²) in [6, 6.07) is 5.74. The first-order valence-electron chi connectivity index (χ1n) is 7.44. The van der Waals surface area contributed by atoms with Crippen molar-refractivity contribution in [2.24, 2.45) is 0 Å². The van der Waals surface area contributed by atoms with Crippen molar-refractivity contribution >= 4 is 11.8 Å². The normalized spacial score (nSPS) is 12.9. The van der Waals surface area contributed by atoms with E-state index in [-0.39, 0.29) is 25.0 Å². The topological polar surface area (TPSA) is 69.6 Å². The predicted molar refractivity (Wildman–Crippen MR) is 80.1 cm³/mol. The molecule has 0 heterocycles. The standard InChI is InChI=1S/C16H22N2O3/c1-2-18(8-9-19)15(20)11-17-16(21)14-7-6-12-4-3-5-13(12)10-14/h6-7,10,19H,2-5,8-9,11H2,1H3,(H,17,21). The molecule has 1 aliphatic carbocycles. The molecule has 1 aromatic rings. The molecular formula is C16H22N2O3. The van der Waals surface area contributed by atoms with Crippen LogP contribution in [0.1, 0.15) is 34.8 Å². The second-order valence-electron chi connectivity index (χ2n) is 5.22. The Morgan fingerprint density at radius 3 is 2.76 bits per heavy atom. The minimum absolute atomic E-state index is 0.0379. The van der Waals surface area contributed by atoms with Crippen LogP contribution in [0, 0.1) is 0 Å². The Kier molecular flexibility index (Phi) is 5.33. The van der Waals surface area contributed by atoms with E-state index >= 15 is 0 Å². The molecule has 2 amide bonds. The Balaban J connectivity index is 1.91. The Bertz CT molecular complexity index is 528. The number of rotatable bonds is 6. The number of hydrogen-bond donors (Lipinski definition) is 2. The van der Waals surface area contributed by atoms with E-state index in [1.807, 2.05) is 25.1 Å². The summed E-state index contributed by atoms with van der Waals surface area (Å²) in [4.78, 5) is 25.5. The zero-order valence-electron chi connectivity index (χ0n) is 12.4. The Morgan fingerprint density at radius 2 is 2.05 bits per heavy atom. The fourth-order valence-electron chi connectivity index (χ4n) is 2.66. The summed E-state index contributed by atoms with van der Waals surface area (Å²) in [6.07, 6.45) is 3.25. The van der Waals surface area contributed by atoms with Gasteiger partial charge in [-0.15, -0.1) is 0 Å². The third kappa shape index (κ3) is 3.82. The van der Waals surface area contributed by atoms with Gasteiger partial charge >= 0.3 is 0 Å². The minimum atomic E-state index is -0.224. The number of amides is 2. The van der Waals surface area contributed by atoms with Gasteiger partial charge in [-0.3, -0.25) is 9.59 Å². The van der Waals surface area contributed by atoms with Crippen molar-refractivity contribution < 1.29 is 14.7 Å². The van der Waals surface area contributed by atoms with E-state index in [4.69, 9.17) is 5.11 Å². The molecule has 1 aromatic carbocycles. The summed E-state index contributed by atoms with van der Waals surface area (Å²) in [5.74, 6) is -0.404. The molecule has 2 rings (SSSR count). The monoisotopic (exact) mass is 290 g/mol. The second-order valence-corrected chi connectivity index (χ2v) is 5.22. The lowest BCUT2D eigenvalue weighted by Gasteiger charge is -2.19. The first kappa shape index (κ1) is 15.5. The summed E-state index contributed by atoms with van der Waals surface area (Å²) in [7, 11) is 0. The molecule has 0 spiro atoms. The number of carbonyl (C=O) groups excluding carboxylic acids is 2. The van der Waals surface area contributed by atoms with Crippen molar-refractivity contribution in [1.29, 1.82) is 0 Å². The lowest BCUT2D eigenvalue weighted by atomic mass is 10.1. The van der Waals surface area contributed by atoms with Crippen LogP contribution in [0.4, 0.5) is 0 Å². The maximum absolute atomic E-state index is 12.1. The maximum Gasteiger partial charge on any atom is 0.251 e. The van der Waals surface area contributed by atoms with Crippen molar-refractivity contribution in [3.8, 4) is 0 Å². The van der Waals surface area contributed by atoms with Gasteiger partial charge in [0.2, 0.25) is 5.91 Å². The van der Waals surface area contributed by atoms with Crippen LogP contribution in [0.2, 0.25) is 0 Å². The van der Waals surface area contributed by atoms with Crippen LogP contribution in [-0.4, -0.2) is 48.1 Å². The molecule has 0 fully saturated rings. The van der Waals surface area contributed by atoms with E-state index in [2.05, 4.69) is 5.32 Å². The van der Waals surface area contributed by atoms with Crippen molar-refractivity contribution in [2.75, 3.05) is 26.2 Å². The van der Waals surface area contributed by atoms with E-state index in [0.29, 0.717) is 18.7 Å². The highest BCUT2D eigenvalue weighted by molar-refractivity contribution is 5.96. The molecule has 0 saturated carbocycles. The Morgan fingerprint density at radius 1 is 1.29 bits per heavy atom. The van der Waals surface area contributed by atoms with Crippen LogP contribution in [0.3, 0.4) is 0 Å². The minimum Gasteiger partial charge on any atom is -0.395 e. The fraction of sp³-hybridized carbons (Fsp3) is 0.500. The summed E-state index contributed by atoms with van der Waals surface area (Å²) in [5.41, 5.74) is 3.17. The molecule has 0 unspecified atom stereocenters. The average molecular weight is 290 g/mol. The van der Waals surface area contributed by atoms with Crippen molar-refractivity contribution in [2.45, 2.75) is 26.2 Å². The highest BCUT2D eigenvalue weighted by Gasteiger charge is 2.16. The van der Waals surface area contributed by atoms with Gasteiger partial charge in [0.25, 0.3) is 5.91 Å². The molecule has 1 aliphatic rings. The molecule has 0 bridgehead atoms. The molecular weight excluding hydrogens is 268 g/mol. The molecule has 2 N–H and O–H groups in total. The van der Waals surface area contributed by atoms with Gasteiger partial charge in [-0.05, 0) is 49.4 Å². The van der Waals surface area contributed by atoms with Crippen LogP contribution in [0.25, 0.3) is 0 Å². The van der Waals surface area contributed by atoms with E-state index in [0.717, 1.165) is 19.3 Å². The number of likely N-dealkylation sites (N-methyl/N-ethyl adjacent to an activating group) is 1. The quantitative estimate of drug-likeness (QED) is 0.812. The number of aryl methyl sites for hydroxylation is 2. The average Bonchev–Trinajstić information content (AvgIpc) is 2.97. The molecule has 0 aliphatic heterocycles. The molecule has 0 radical (unpaired) electrons. The Labute approximate surface area is 125 Å². The number of hydrogen-bond acceptors (Lipinski definition) is 3. The van der Waals surface area contributed by atoms with Crippen molar-refractivity contribution in [3.63, 3.8) is 0 Å². The number of fused-ring (bicyclic) bond motifs is 1. The summed E-state index contributed by atoms with van der Waals surface area (Å²) < 4.78 is 0. The van der Waals surface area contributed by atoms with E-state index in [1.165, 1.54) is 16.0 Å². The number of aliphatic hydroxyl groups is 1. The summed E-state index contributed by atoms with van der Waals surface area (Å²) >= 11 is 0. The third-order valence-electron chi connectivity index (χ3n) is 3.87. The molecule has 114 valence electrons. The molecule has 0 aromatic heterocycles. The number of aliphatic hydroxyl groups excluding tert-OH is 1. The van der Waals surface area contributed by atoms with Crippen LogP contribution in [0.5, 0.6) is 0 Å². The zero-order chi connectivity index (χ0) is 15.2. The van der Waals surface area contributed by atoms with Crippen molar-refractivity contribution in [3.05, 3.63) is 34.9 Å². The van der Waals surface area contributed by atoms with Gasteiger partial charge in [0, 0.05) is 18.7 Å². The summed E-state index contributed by atoms with van der Waals surface area (Å²) in [6.45, 7) is 2.55. The van der Waals surface area contributed by atoms with Gasteiger partial charge in [0.05, 0.1) is 13.2 Å². The summed E-state index contributed by atoms with van der Waals surface area (Å²) in [5, 5.41) is 11.5. The van der Waals surface area contributed by atoms with Crippen LogP contribution >= 0.6 is 0 Å². The molecule has 5 heteroatoms. The molecule has 21 heavy (non-hydrogen) atoms. The van der Waals surface area contributed by atoms with Gasteiger partial charge in [-0.1, -0.05) is 6.07 Å². The maximum atomic E-state index is 12.1. The number of nitrogens with zero attached hydrogens (tertiary/aromatic N) is 1. The SMILES string of the molecule is CCN(CCO)C(=O)CNC(=O)c1ccc2c(c1)CCC2. The molecule has 5 nitrogen and oxygen atoms in total. The molecule has 0 atom stereocenters. The van der Waals surface area contributed by atoms with Gasteiger partial charge in [0.1, 0.15) is 0 Å². The van der Waals surface area contributed by atoms with Crippen LogP contribution in [0.15, 0.2) is 18.2 Å². The molecule has 0 saturated heterocycles. The highest BCUT2D eigenvalue weighted by atomic mass is 16.3. The lowest BCUT2D eigenvalue weighted by Crippen LogP contribution is -2.41. The second kappa shape index (κ2) is 7.22.